The lowest BCUT2D eigenvalue weighted by atomic mass is 9.88. The summed E-state index contributed by atoms with van der Waals surface area (Å²) in [6.07, 6.45) is 5.50. The van der Waals surface area contributed by atoms with Gasteiger partial charge in [0, 0.05) is 19.3 Å². The summed E-state index contributed by atoms with van der Waals surface area (Å²) in [7, 11) is 0. The number of rotatable bonds is 2. The van der Waals surface area contributed by atoms with Crippen LogP contribution in [0.5, 0.6) is 0 Å². The van der Waals surface area contributed by atoms with Crippen LogP contribution >= 0.6 is 0 Å². The van der Waals surface area contributed by atoms with Crippen LogP contribution in [0.1, 0.15) is 31.7 Å². The Hall–Kier alpha value is -0.830. The zero-order valence-electron chi connectivity index (χ0n) is 9.03. The number of aryl methyl sites for hydroxylation is 1. The summed E-state index contributed by atoms with van der Waals surface area (Å²) in [4.78, 5) is 0. The Balaban J connectivity index is 2.06. The Morgan fingerprint density at radius 1 is 1.57 bits per heavy atom. The van der Waals surface area contributed by atoms with E-state index in [9.17, 15) is 0 Å². The summed E-state index contributed by atoms with van der Waals surface area (Å²) in [5.41, 5.74) is 1.39. The molecule has 78 valence electrons. The van der Waals surface area contributed by atoms with E-state index in [4.69, 9.17) is 0 Å². The Labute approximate surface area is 85.5 Å². The standard InChI is InChI=1S/C11H19N3/c1-3-14-8-11(7-13-14)10-4-9(2)5-12-6-10/h7-10,12H,3-6H2,1-2H3. The fourth-order valence-electron chi connectivity index (χ4n) is 2.17. The van der Waals surface area contributed by atoms with Crippen molar-refractivity contribution in [2.45, 2.75) is 32.7 Å². The van der Waals surface area contributed by atoms with Crippen molar-refractivity contribution < 1.29 is 0 Å². The third-order valence-electron chi connectivity index (χ3n) is 3.02. The highest BCUT2D eigenvalue weighted by atomic mass is 15.3. The molecule has 0 bridgehead atoms. The van der Waals surface area contributed by atoms with E-state index < -0.39 is 0 Å². The Bertz CT molecular complexity index is 292. The third-order valence-corrected chi connectivity index (χ3v) is 3.02. The first-order valence-electron chi connectivity index (χ1n) is 5.52. The Morgan fingerprint density at radius 2 is 2.43 bits per heavy atom. The summed E-state index contributed by atoms with van der Waals surface area (Å²) in [5, 5.41) is 7.80. The summed E-state index contributed by atoms with van der Waals surface area (Å²) < 4.78 is 2.01. The van der Waals surface area contributed by atoms with Gasteiger partial charge in [0.25, 0.3) is 0 Å². The first-order valence-corrected chi connectivity index (χ1v) is 5.52. The van der Waals surface area contributed by atoms with Gasteiger partial charge in [0.05, 0.1) is 6.20 Å². The van der Waals surface area contributed by atoms with E-state index in [-0.39, 0.29) is 0 Å². The van der Waals surface area contributed by atoms with Crippen molar-refractivity contribution in [2.75, 3.05) is 13.1 Å². The van der Waals surface area contributed by atoms with Crippen molar-refractivity contribution in [3.05, 3.63) is 18.0 Å². The van der Waals surface area contributed by atoms with Gasteiger partial charge in [-0.2, -0.15) is 5.10 Å². The highest BCUT2D eigenvalue weighted by molar-refractivity contribution is 5.13. The van der Waals surface area contributed by atoms with Crippen molar-refractivity contribution >= 4 is 0 Å². The molecule has 2 heterocycles. The highest BCUT2D eigenvalue weighted by Crippen LogP contribution is 2.25. The molecule has 14 heavy (non-hydrogen) atoms. The molecule has 1 N–H and O–H groups in total. The topological polar surface area (TPSA) is 29.9 Å². The van der Waals surface area contributed by atoms with E-state index in [0.29, 0.717) is 5.92 Å². The van der Waals surface area contributed by atoms with Crippen LogP contribution < -0.4 is 5.32 Å². The molecular weight excluding hydrogens is 174 g/mol. The van der Waals surface area contributed by atoms with Crippen molar-refractivity contribution in [1.29, 1.82) is 0 Å². The van der Waals surface area contributed by atoms with Crippen molar-refractivity contribution in [3.8, 4) is 0 Å². The van der Waals surface area contributed by atoms with Gasteiger partial charge >= 0.3 is 0 Å². The van der Waals surface area contributed by atoms with Crippen LogP contribution in [0.25, 0.3) is 0 Å². The molecule has 2 atom stereocenters. The van der Waals surface area contributed by atoms with Crippen molar-refractivity contribution in [2.24, 2.45) is 5.92 Å². The lowest BCUT2D eigenvalue weighted by Crippen LogP contribution is -2.33. The monoisotopic (exact) mass is 193 g/mol. The Morgan fingerprint density at radius 3 is 3.07 bits per heavy atom. The molecule has 0 radical (unpaired) electrons. The minimum atomic E-state index is 0.666. The minimum Gasteiger partial charge on any atom is -0.316 e. The maximum atomic E-state index is 4.32. The summed E-state index contributed by atoms with van der Waals surface area (Å²) in [6.45, 7) is 7.68. The molecule has 3 nitrogen and oxygen atoms in total. The van der Waals surface area contributed by atoms with E-state index in [1.165, 1.54) is 18.5 Å². The number of aromatic nitrogens is 2. The quantitative estimate of drug-likeness (QED) is 0.773. The molecule has 0 aromatic carbocycles. The van der Waals surface area contributed by atoms with Crippen LogP contribution in [-0.2, 0) is 6.54 Å². The van der Waals surface area contributed by atoms with Gasteiger partial charge in [-0.1, -0.05) is 6.92 Å². The van der Waals surface area contributed by atoms with Gasteiger partial charge in [-0.25, -0.2) is 0 Å². The number of hydrogen-bond acceptors (Lipinski definition) is 2. The lowest BCUT2D eigenvalue weighted by Gasteiger charge is -2.26. The van der Waals surface area contributed by atoms with E-state index >= 15 is 0 Å². The van der Waals surface area contributed by atoms with Gasteiger partial charge in [0.2, 0.25) is 0 Å². The third kappa shape index (κ3) is 1.98. The maximum Gasteiger partial charge on any atom is 0.0525 e. The minimum absolute atomic E-state index is 0.666. The summed E-state index contributed by atoms with van der Waals surface area (Å²) in [5.74, 6) is 1.46. The molecular formula is C11H19N3. The first kappa shape index (κ1) is 9.71. The van der Waals surface area contributed by atoms with Crippen LogP contribution in [0.2, 0.25) is 0 Å². The largest absolute Gasteiger partial charge is 0.316 e. The van der Waals surface area contributed by atoms with E-state index in [1.54, 1.807) is 0 Å². The average Bonchev–Trinajstić information content (AvgIpc) is 2.66. The number of piperidine rings is 1. The summed E-state index contributed by atoms with van der Waals surface area (Å²) >= 11 is 0. The van der Waals surface area contributed by atoms with E-state index in [0.717, 1.165) is 19.0 Å². The zero-order chi connectivity index (χ0) is 9.97. The molecule has 0 saturated carbocycles. The smallest absolute Gasteiger partial charge is 0.0525 e. The second-order valence-corrected chi connectivity index (χ2v) is 4.33. The van der Waals surface area contributed by atoms with Gasteiger partial charge in [0.15, 0.2) is 0 Å². The zero-order valence-corrected chi connectivity index (χ0v) is 9.03. The van der Waals surface area contributed by atoms with E-state index in [1.807, 2.05) is 10.9 Å². The fraction of sp³-hybridized carbons (Fsp3) is 0.727. The van der Waals surface area contributed by atoms with Gasteiger partial charge in [-0.15, -0.1) is 0 Å². The van der Waals surface area contributed by atoms with Gasteiger partial charge in [0.1, 0.15) is 0 Å². The van der Waals surface area contributed by atoms with Crippen molar-refractivity contribution in [1.82, 2.24) is 15.1 Å². The molecule has 1 aliphatic rings. The van der Waals surface area contributed by atoms with Crippen LogP contribution in [0, 0.1) is 5.92 Å². The molecule has 0 aliphatic carbocycles. The molecule has 1 aliphatic heterocycles. The van der Waals surface area contributed by atoms with Gasteiger partial charge in [-0.3, -0.25) is 4.68 Å². The molecule has 0 spiro atoms. The van der Waals surface area contributed by atoms with E-state index in [2.05, 4.69) is 30.5 Å². The molecule has 1 saturated heterocycles. The average molecular weight is 193 g/mol. The molecule has 1 aromatic rings. The fourth-order valence-corrected chi connectivity index (χ4v) is 2.17. The SMILES string of the molecule is CCn1cc(C2CNCC(C)C2)cn1. The van der Waals surface area contributed by atoms with Gasteiger partial charge < -0.3 is 5.32 Å². The summed E-state index contributed by atoms with van der Waals surface area (Å²) in [6, 6.07) is 0. The molecule has 0 amide bonds. The van der Waals surface area contributed by atoms with Crippen LogP contribution in [0.4, 0.5) is 0 Å². The second-order valence-electron chi connectivity index (χ2n) is 4.33. The lowest BCUT2D eigenvalue weighted by molar-refractivity contribution is 0.364. The molecule has 2 rings (SSSR count). The highest BCUT2D eigenvalue weighted by Gasteiger charge is 2.20. The van der Waals surface area contributed by atoms with Crippen LogP contribution in [0.15, 0.2) is 12.4 Å². The maximum absolute atomic E-state index is 4.32. The van der Waals surface area contributed by atoms with Crippen molar-refractivity contribution in [3.63, 3.8) is 0 Å². The molecule has 3 heteroatoms. The predicted molar refractivity (Wildman–Crippen MR) is 57.3 cm³/mol. The molecule has 2 unspecified atom stereocenters. The predicted octanol–water partition coefficient (Wildman–Crippen LogP) is 1.62. The first-order chi connectivity index (χ1) is 6.79. The molecule has 1 aromatic heterocycles. The number of nitrogens with one attached hydrogen (secondary N) is 1. The second kappa shape index (κ2) is 4.13. The van der Waals surface area contributed by atoms with Crippen LogP contribution in [-0.4, -0.2) is 22.9 Å². The normalized spacial score (nSPS) is 27.9. The van der Waals surface area contributed by atoms with Crippen LogP contribution in [0.3, 0.4) is 0 Å². The Kier molecular flexibility index (Phi) is 2.87. The molecule has 1 fully saturated rings. The number of nitrogens with zero attached hydrogens (tertiary/aromatic N) is 2. The van der Waals surface area contributed by atoms with Gasteiger partial charge in [-0.05, 0) is 37.3 Å². The number of hydrogen-bond donors (Lipinski definition) is 1.